The largest absolute Gasteiger partial charge is 0.486 e. The Bertz CT molecular complexity index is 3840. The molecule has 4 N–H and O–H groups in total. The minimum absolute atomic E-state index is 0.0171. The smallest absolute Gasteiger partial charge is 0.227 e. The van der Waals surface area contributed by atoms with Crippen LogP contribution >= 0.6 is 0 Å². The first-order valence-electron chi connectivity index (χ1n) is 38.1. The fraction of sp³-hybridized carbons (Fsp3) is 0.613. The lowest BCUT2D eigenvalue weighted by atomic mass is 9.44. The lowest BCUT2D eigenvalue weighted by molar-refractivity contribution is -0.234. The van der Waals surface area contributed by atoms with Gasteiger partial charge in [0, 0.05) is 78.7 Å². The molecule has 4 aromatic rings. The van der Waals surface area contributed by atoms with Crippen LogP contribution in [0.5, 0.6) is 5.75 Å². The predicted octanol–water partition coefficient (Wildman–Crippen LogP) is 9.33. The fourth-order valence-electron chi connectivity index (χ4n) is 16.2. The molecule has 2 aliphatic heterocycles. The van der Waals surface area contributed by atoms with Gasteiger partial charge in [-0.3, -0.25) is 33.6 Å². The lowest BCUT2D eigenvalue weighted by Crippen LogP contribution is -2.71. The monoisotopic (exact) mass is 1510 g/mol. The van der Waals surface area contributed by atoms with Gasteiger partial charge in [-0.1, -0.05) is 108 Å². The van der Waals surface area contributed by atoms with Crippen molar-refractivity contribution in [2.24, 2.45) is 34.5 Å². The molecule has 3 aromatic carbocycles. The summed E-state index contributed by atoms with van der Waals surface area (Å²) in [6.07, 6.45) is 1.03. The second-order valence-electron chi connectivity index (χ2n) is 29.4. The van der Waals surface area contributed by atoms with Crippen LogP contribution < -0.4 is 25.6 Å². The highest BCUT2D eigenvalue weighted by Gasteiger charge is 2.80. The molecule has 108 heavy (non-hydrogen) atoms. The number of nitrogens with zero attached hydrogens (tertiary/aromatic N) is 4. The van der Waals surface area contributed by atoms with Crippen LogP contribution in [0, 0.1) is 40.3 Å². The number of amides is 4. The lowest BCUT2D eigenvalue weighted by Gasteiger charge is -2.63. The zero-order valence-electron chi connectivity index (χ0n) is 63.1. The Labute approximate surface area is 629 Å². The Hall–Kier alpha value is -7.64. The Morgan fingerprint density at radius 1 is 0.759 bits per heavy atom. The second kappa shape index (κ2) is 38.3. The van der Waals surface area contributed by atoms with E-state index in [1.54, 1.807) is 25.7 Å². The molecule has 0 radical (unpaired) electrons. The van der Waals surface area contributed by atoms with Gasteiger partial charge in [-0.2, -0.15) is 0 Å². The Morgan fingerprint density at radius 3 is 2.10 bits per heavy atom. The van der Waals surface area contributed by atoms with Gasteiger partial charge < -0.3 is 73.3 Å². The van der Waals surface area contributed by atoms with E-state index in [0.29, 0.717) is 63.8 Å². The summed E-state index contributed by atoms with van der Waals surface area (Å²) in [5, 5.41) is 29.2. The minimum atomic E-state index is -2.39. The number of anilines is 2. The highest BCUT2D eigenvalue weighted by molar-refractivity contribution is 6.03. The predicted molar refractivity (Wildman–Crippen MR) is 392 cm³/mol. The molecule has 4 fully saturated rings. The number of unbranched alkanes of at least 4 members (excludes halogenated alkanes) is 1. The van der Waals surface area contributed by atoms with Crippen LogP contribution in [-0.4, -0.2) is 209 Å². The average molecular weight is 1510 g/mol. The molecule has 590 valence electrons. The maximum absolute atomic E-state index is 18.0. The van der Waals surface area contributed by atoms with E-state index in [0.717, 1.165) is 54.0 Å². The summed E-state index contributed by atoms with van der Waals surface area (Å²) in [7, 11) is 0. The van der Waals surface area contributed by atoms with E-state index in [9.17, 15) is 38.7 Å². The zero-order valence-corrected chi connectivity index (χ0v) is 63.1. The molecule has 0 spiro atoms. The number of ether oxygens (including phenoxy) is 10. The summed E-state index contributed by atoms with van der Waals surface area (Å²) in [5.74, 6) is -7.05. The number of para-hydroxylation sites is 1. The molecule has 10 rings (SSSR count). The van der Waals surface area contributed by atoms with E-state index in [2.05, 4.69) is 33.2 Å². The van der Waals surface area contributed by atoms with Crippen molar-refractivity contribution in [2.75, 3.05) is 116 Å². The molecular weight excluding hydrogens is 1400 g/mol. The Kier molecular flexibility index (Phi) is 29.4. The van der Waals surface area contributed by atoms with Crippen LogP contribution in [-0.2, 0) is 89.3 Å². The third-order valence-corrected chi connectivity index (χ3v) is 21.9. The summed E-state index contributed by atoms with van der Waals surface area (Å²) in [6.45, 7) is 17.6. The van der Waals surface area contributed by atoms with E-state index in [1.807, 2.05) is 60.1 Å². The molecule has 1 aromatic heterocycles. The number of halogens is 3. The van der Waals surface area contributed by atoms with Gasteiger partial charge >= 0.3 is 0 Å². The van der Waals surface area contributed by atoms with Crippen molar-refractivity contribution in [3.8, 4) is 28.3 Å². The second-order valence-corrected chi connectivity index (χ2v) is 29.4. The van der Waals surface area contributed by atoms with E-state index in [1.165, 1.54) is 38.1 Å². The maximum atomic E-state index is 18.0. The van der Waals surface area contributed by atoms with Crippen LogP contribution in [0.1, 0.15) is 125 Å². The minimum Gasteiger partial charge on any atom is -0.486 e. The number of fused-ring (bicyclic) bond motifs is 12. The van der Waals surface area contributed by atoms with Crippen molar-refractivity contribution in [2.45, 2.75) is 174 Å². The number of alkyl halides is 2. The highest BCUT2D eigenvalue weighted by Crippen LogP contribution is 2.72. The average Bonchev–Trinajstić information content (AvgIpc) is 1.43. The first kappa shape index (κ1) is 82.8. The summed E-state index contributed by atoms with van der Waals surface area (Å²) in [6, 6.07) is 18.1. The van der Waals surface area contributed by atoms with Gasteiger partial charge in [-0.05, 0) is 92.4 Å². The molecule has 25 nitrogen and oxygen atoms in total. The first-order valence-corrected chi connectivity index (χ1v) is 38.1. The number of nitrogens with one attached hydrogen (secondary N) is 3. The van der Waals surface area contributed by atoms with Crippen molar-refractivity contribution in [3.05, 3.63) is 102 Å². The molecule has 0 bridgehead atoms. The van der Waals surface area contributed by atoms with Crippen molar-refractivity contribution in [3.63, 3.8) is 0 Å². The number of hydrogen-bond donors (Lipinski definition) is 4. The van der Waals surface area contributed by atoms with Crippen LogP contribution in [0.3, 0.4) is 0 Å². The number of benzene rings is 3. The van der Waals surface area contributed by atoms with E-state index < -0.39 is 112 Å². The molecule has 4 aliphatic carbocycles. The topological polar surface area (TPSA) is 302 Å². The Morgan fingerprint density at radius 2 is 1.42 bits per heavy atom. The number of aliphatic hydroxyl groups is 1. The number of aliphatic hydroxyl groups excluding tert-OH is 1. The SMILES string of the molecule is CCCCOCCOCCOCCn1nnc2c1-c1ccccc1CN(C(=O)CCC(=O)NCCOCCOCCOCCOCCC(=O)N[C@H](C(=O)C[C@@H](C)C(=O)Nc1ccc(OCC(=O)[C@@]34OC(CCC)O[C@@H]3C[C@H]3[C@@H]5C[C@H](F)C6=CC(=O)C=C[C@]6(C)[C@@]5(F)[C@@H](O)C[C@@]34C)cc1F)C(C)C)c1ccccc1-2. The summed E-state index contributed by atoms with van der Waals surface area (Å²) in [5.41, 5.74) is -2.55. The van der Waals surface area contributed by atoms with Gasteiger partial charge in [0.15, 0.2) is 29.1 Å². The van der Waals surface area contributed by atoms with Crippen molar-refractivity contribution < 1.29 is 99.2 Å². The van der Waals surface area contributed by atoms with Crippen LogP contribution in [0.15, 0.2) is 90.5 Å². The molecule has 3 heterocycles. The van der Waals surface area contributed by atoms with Gasteiger partial charge in [0.1, 0.15) is 30.0 Å². The van der Waals surface area contributed by atoms with Gasteiger partial charge in [0.25, 0.3) is 0 Å². The molecule has 1 unspecified atom stereocenters. The van der Waals surface area contributed by atoms with E-state index in [4.69, 9.17) is 47.4 Å². The van der Waals surface area contributed by atoms with E-state index in [-0.39, 0.29) is 146 Å². The van der Waals surface area contributed by atoms with Gasteiger partial charge in [0.05, 0.1) is 134 Å². The third kappa shape index (κ3) is 18.9. The third-order valence-electron chi connectivity index (χ3n) is 21.9. The number of allylic oxidation sites excluding steroid dienone is 4. The van der Waals surface area contributed by atoms with E-state index >= 15 is 13.2 Å². The number of aromatic nitrogens is 3. The van der Waals surface area contributed by atoms with Crippen LogP contribution in [0.25, 0.3) is 22.5 Å². The van der Waals surface area contributed by atoms with Crippen LogP contribution in [0.4, 0.5) is 24.5 Å². The van der Waals surface area contributed by atoms with Crippen LogP contribution in [0.2, 0.25) is 0 Å². The number of rotatable bonds is 43. The molecule has 28 heteroatoms. The van der Waals surface area contributed by atoms with Gasteiger partial charge in [0.2, 0.25) is 29.4 Å². The van der Waals surface area contributed by atoms with Gasteiger partial charge in [-0.15, -0.1) is 5.10 Å². The zero-order chi connectivity index (χ0) is 77.2. The first-order chi connectivity index (χ1) is 52.0. The maximum Gasteiger partial charge on any atom is 0.227 e. The number of Topliss-reactive ketones (excluding diaryl/α,β-unsaturated/α-hetero) is 2. The number of hydrogen-bond acceptors (Lipinski definition) is 20. The van der Waals surface area contributed by atoms with Crippen molar-refractivity contribution in [1.82, 2.24) is 25.6 Å². The molecular formula is C80H106F3N7O18. The summed E-state index contributed by atoms with van der Waals surface area (Å²) >= 11 is 0. The quantitative estimate of drug-likeness (QED) is 0.0300. The summed E-state index contributed by atoms with van der Waals surface area (Å²) < 4.78 is 110. The fourth-order valence-corrected chi connectivity index (χ4v) is 16.2. The van der Waals surface area contributed by atoms with Gasteiger partial charge in [-0.25, -0.2) is 17.9 Å². The standard InChI is InChI=1S/C80H106F3N7O18/c1-8-10-29-99-33-37-103-40-36-102-32-28-90-75-56-17-12-11-16-53(56)49-89(64-19-14-13-18-57(64)74(75)87-88-90)71(97)23-22-69(95)84-27-31-101-35-39-105-42-41-104-38-34-100-30-25-70(96)86-73(51(3)4)65(92)43-52(5)76(98)85-63-21-20-55(45-62(63)82)106-50-67(94)80-68(107-72(108-80)15-9-2)47-58-59-46-61(81)60-44-54(91)24-26-77(60,6)79(59,83)66(93)48-78(58,80)7/h11-14,16-21,24,26,44-45,51-52,58-59,61,66,68,72-73,93H,8-10,15,22-23,25,27-43,46-50H2,1-7H3,(H,84,95)(H,85,98)(H,86,96)/t52-,58+,59+,61+,66+,68-,72?,73+,77+,78+,79+,80-/m1/s1. The van der Waals surface area contributed by atoms with Crippen molar-refractivity contribution in [1.29, 1.82) is 0 Å². The molecule has 4 amide bonds. The molecule has 1 saturated heterocycles. The van der Waals surface area contributed by atoms with Crippen molar-refractivity contribution >= 4 is 52.4 Å². The normalized spacial score (nSPS) is 25.1. The number of ketones is 3. The molecule has 6 aliphatic rings. The molecule has 3 saturated carbocycles. The number of carbonyl (C=O) groups excluding carboxylic acids is 7. The summed E-state index contributed by atoms with van der Waals surface area (Å²) in [4.78, 5) is 95.8. The highest BCUT2D eigenvalue weighted by atomic mass is 19.1. The number of carbonyl (C=O) groups is 7. The molecule has 12 atom stereocenters. The Balaban J connectivity index is 0.569.